The van der Waals surface area contributed by atoms with Gasteiger partial charge < -0.3 is 14.0 Å². The number of rotatable bonds is 4. The van der Waals surface area contributed by atoms with Crippen molar-refractivity contribution in [3.8, 4) is 33.9 Å². The van der Waals surface area contributed by atoms with Gasteiger partial charge in [0.05, 0.1) is 11.1 Å². The highest BCUT2D eigenvalue weighted by molar-refractivity contribution is 5.99. The average Bonchev–Trinajstić information content (AvgIpc) is 3.03. The second-order valence-electron chi connectivity index (χ2n) is 6.79. The number of benzene rings is 2. The number of ether oxygens (including phenoxy) is 2. The van der Waals surface area contributed by atoms with Gasteiger partial charge in [0, 0.05) is 32.7 Å². The van der Waals surface area contributed by atoms with Crippen molar-refractivity contribution in [1.82, 2.24) is 14.5 Å². The molecule has 0 bridgehead atoms. The number of nitrogens with zero attached hydrogens (tertiary/aromatic N) is 3. The summed E-state index contributed by atoms with van der Waals surface area (Å²) in [5, 5.41) is 0.566. The van der Waals surface area contributed by atoms with Gasteiger partial charge >= 0.3 is 11.9 Å². The number of aryl methyl sites for hydroxylation is 1. The molecule has 0 N–H and O–H groups in total. The van der Waals surface area contributed by atoms with Gasteiger partial charge in [-0.25, -0.2) is 9.97 Å². The van der Waals surface area contributed by atoms with Crippen LogP contribution in [0.1, 0.15) is 13.8 Å². The lowest BCUT2D eigenvalue weighted by atomic mass is 10.0. The van der Waals surface area contributed by atoms with E-state index < -0.39 is 11.9 Å². The molecule has 0 unspecified atom stereocenters. The predicted molar refractivity (Wildman–Crippen MR) is 112 cm³/mol. The second kappa shape index (κ2) is 7.79. The molecule has 0 spiro atoms. The zero-order chi connectivity index (χ0) is 21.3. The number of hydrogen-bond acceptors (Lipinski definition) is 6. The van der Waals surface area contributed by atoms with Gasteiger partial charge in [-0.2, -0.15) is 0 Å². The molecule has 0 aliphatic rings. The van der Waals surface area contributed by atoms with E-state index in [2.05, 4.69) is 9.97 Å². The van der Waals surface area contributed by atoms with Crippen LogP contribution >= 0.6 is 0 Å². The highest BCUT2D eigenvalue weighted by Crippen LogP contribution is 2.40. The van der Waals surface area contributed by atoms with E-state index in [4.69, 9.17) is 9.47 Å². The van der Waals surface area contributed by atoms with Gasteiger partial charge in [-0.3, -0.25) is 9.59 Å². The summed E-state index contributed by atoms with van der Waals surface area (Å²) in [7, 11) is 1.80. The van der Waals surface area contributed by atoms with E-state index in [1.54, 1.807) is 23.9 Å². The predicted octanol–water partition coefficient (Wildman–Crippen LogP) is 4.15. The number of aromatic nitrogens is 3. The minimum Gasteiger partial charge on any atom is -0.426 e. The van der Waals surface area contributed by atoms with Crippen LogP contribution in [0.2, 0.25) is 0 Å². The number of fused-ring (bicyclic) bond motifs is 1. The quantitative estimate of drug-likeness (QED) is 0.377. The fourth-order valence-electron chi connectivity index (χ4n) is 3.38. The van der Waals surface area contributed by atoms with Crippen molar-refractivity contribution in [3.63, 3.8) is 0 Å². The Labute approximate surface area is 172 Å². The van der Waals surface area contributed by atoms with E-state index >= 15 is 0 Å². The van der Waals surface area contributed by atoms with Crippen LogP contribution in [0.5, 0.6) is 11.5 Å². The third kappa shape index (κ3) is 3.65. The van der Waals surface area contributed by atoms with Crippen LogP contribution in [0.4, 0.5) is 0 Å². The minimum atomic E-state index is -0.447. The minimum absolute atomic E-state index is 0.344. The first-order valence-corrected chi connectivity index (χ1v) is 9.30. The van der Waals surface area contributed by atoms with Crippen LogP contribution in [0.15, 0.2) is 61.1 Å². The van der Waals surface area contributed by atoms with Gasteiger partial charge in [0.1, 0.15) is 17.7 Å². The average molecular weight is 401 g/mol. The molecule has 2 aromatic carbocycles. The Morgan fingerprint density at radius 2 is 1.57 bits per heavy atom. The van der Waals surface area contributed by atoms with Crippen molar-refractivity contribution in [2.45, 2.75) is 13.8 Å². The molecule has 150 valence electrons. The van der Waals surface area contributed by atoms with Gasteiger partial charge in [0.15, 0.2) is 5.75 Å². The number of hydrogen-bond donors (Lipinski definition) is 0. The molecule has 30 heavy (non-hydrogen) atoms. The highest BCUT2D eigenvalue weighted by atomic mass is 16.5. The highest BCUT2D eigenvalue weighted by Gasteiger charge is 2.20. The molecule has 0 radical (unpaired) electrons. The molecule has 0 saturated heterocycles. The smallest absolute Gasteiger partial charge is 0.308 e. The Hall–Kier alpha value is -4.00. The first-order chi connectivity index (χ1) is 14.4. The van der Waals surface area contributed by atoms with Crippen LogP contribution in [0, 0.1) is 0 Å². The second-order valence-corrected chi connectivity index (χ2v) is 6.79. The van der Waals surface area contributed by atoms with Crippen molar-refractivity contribution in [1.29, 1.82) is 0 Å². The number of carbonyl (C=O) groups excluding carboxylic acids is 2. The third-order valence-electron chi connectivity index (χ3n) is 4.57. The van der Waals surface area contributed by atoms with Gasteiger partial charge in [0.2, 0.25) is 0 Å². The zero-order valence-electron chi connectivity index (χ0n) is 16.7. The Bertz CT molecular complexity index is 1260. The van der Waals surface area contributed by atoms with E-state index in [1.165, 1.54) is 20.2 Å². The SMILES string of the molecule is CC(=O)Oc1cc(-c2ccccc2)ccc1-c1ncnc2c1c(OC(C)=O)cn2C. The number of carbonyl (C=O) groups is 2. The standard InChI is InChI=1S/C23H19N3O4/c1-14(27)29-19-11-17(16-7-5-4-6-8-16)9-10-18(19)22-21-20(30-15(2)28)12-26(3)23(21)25-13-24-22/h4-13H,1-3H3. The molecular weight excluding hydrogens is 382 g/mol. The van der Waals surface area contributed by atoms with Crippen molar-refractivity contribution in [2.75, 3.05) is 0 Å². The maximum absolute atomic E-state index is 11.8. The summed E-state index contributed by atoms with van der Waals surface area (Å²) >= 11 is 0. The Morgan fingerprint density at radius 1 is 0.867 bits per heavy atom. The normalized spacial score (nSPS) is 10.8. The molecule has 2 heterocycles. The monoisotopic (exact) mass is 401 g/mol. The molecule has 7 nitrogen and oxygen atoms in total. The van der Waals surface area contributed by atoms with Crippen LogP contribution in [0.25, 0.3) is 33.4 Å². The van der Waals surface area contributed by atoms with Gasteiger partial charge in [-0.1, -0.05) is 36.4 Å². The fourth-order valence-corrected chi connectivity index (χ4v) is 3.38. The van der Waals surface area contributed by atoms with Gasteiger partial charge in [-0.05, 0) is 23.3 Å². The van der Waals surface area contributed by atoms with E-state index in [0.717, 1.165) is 11.1 Å². The van der Waals surface area contributed by atoms with Gasteiger partial charge in [-0.15, -0.1) is 0 Å². The Kier molecular flexibility index (Phi) is 5.02. The first-order valence-electron chi connectivity index (χ1n) is 9.30. The van der Waals surface area contributed by atoms with E-state index in [-0.39, 0.29) is 0 Å². The molecule has 7 heteroatoms. The summed E-state index contributed by atoms with van der Waals surface area (Å²) < 4.78 is 12.7. The van der Waals surface area contributed by atoms with Gasteiger partial charge in [0.25, 0.3) is 0 Å². The molecule has 4 aromatic rings. The summed E-state index contributed by atoms with van der Waals surface area (Å²) in [6.45, 7) is 2.68. The number of esters is 2. The van der Waals surface area contributed by atoms with Crippen molar-refractivity contribution in [3.05, 3.63) is 61.1 Å². The van der Waals surface area contributed by atoms with Crippen molar-refractivity contribution < 1.29 is 19.1 Å². The summed E-state index contributed by atoms with van der Waals surface area (Å²) in [4.78, 5) is 32.1. The summed E-state index contributed by atoms with van der Waals surface area (Å²) in [6.07, 6.45) is 3.10. The fraction of sp³-hybridized carbons (Fsp3) is 0.130. The molecule has 0 aliphatic heterocycles. The lowest BCUT2D eigenvalue weighted by Crippen LogP contribution is -2.04. The largest absolute Gasteiger partial charge is 0.426 e. The lowest BCUT2D eigenvalue weighted by Gasteiger charge is -2.12. The molecular formula is C23H19N3O4. The third-order valence-corrected chi connectivity index (χ3v) is 4.57. The first kappa shape index (κ1) is 19.3. The maximum Gasteiger partial charge on any atom is 0.308 e. The molecule has 0 saturated carbocycles. The van der Waals surface area contributed by atoms with E-state index in [9.17, 15) is 9.59 Å². The Morgan fingerprint density at radius 3 is 2.27 bits per heavy atom. The lowest BCUT2D eigenvalue weighted by molar-refractivity contribution is -0.132. The van der Waals surface area contributed by atoms with Crippen molar-refractivity contribution >= 4 is 23.0 Å². The molecule has 0 fully saturated rings. The summed E-state index contributed by atoms with van der Waals surface area (Å²) in [5.41, 5.74) is 3.58. The summed E-state index contributed by atoms with van der Waals surface area (Å²) in [5.74, 6) is -0.185. The van der Waals surface area contributed by atoms with Crippen molar-refractivity contribution in [2.24, 2.45) is 7.05 Å². The molecule has 0 amide bonds. The summed E-state index contributed by atoms with van der Waals surface area (Å²) in [6, 6.07) is 15.4. The van der Waals surface area contributed by atoms with Crippen LogP contribution in [-0.2, 0) is 16.6 Å². The van der Waals surface area contributed by atoms with Crippen LogP contribution in [-0.4, -0.2) is 26.5 Å². The van der Waals surface area contributed by atoms with Crippen LogP contribution in [0.3, 0.4) is 0 Å². The molecule has 0 aliphatic carbocycles. The van der Waals surface area contributed by atoms with E-state index in [0.29, 0.717) is 33.8 Å². The molecule has 0 atom stereocenters. The topological polar surface area (TPSA) is 83.3 Å². The van der Waals surface area contributed by atoms with Crippen LogP contribution < -0.4 is 9.47 Å². The molecule has 2 aromatic heterocycles. The Balaban J connectivity index is 1.94. The molecule has 4 rings (SSSR count). The van der Waals surface area contributed by atoms with E-state index in [1.807, 2.05) is 42.5 Å². The maximum atomic E-state index is 11.8. The zero-order valence-corrected chi connectivity index (χ0v) is 16.7.